The molecule has 1 unspecified atom stereocenters. The second-order valence-electron chi connectivity index (χ2n) is 9.63. The van der Waals surface area contributed by atoms with Gasteiger partial charge < -0.3 is 30.7 Å². The number of anilines is 3. The standard InChI is InChI=1S/C29H37N7O6S/c1-20(39)19-31-28-24(18-30)21(2)27(29(33-28)32-22-7-5-4-6-8-22)35-34-25-17-23(9-10-26(25)42-3)43(40,41)16-13-36(11-14-37)12-15-38/h4-10,17,20,37-39H,11-16,19H2,1-3H3,(H2,31,32,33)/b35-34+. The van der Waals surface area contributed by atoms with E-state index in [1.807, 2.05) is 30.3 Å². The zero-order valence-corrected chi connectivity index (χ0v) is 25.2. The van der Waals surface area contributed by atoms with Gasteiger partial charge in [-0.1, -0.05) is 18.2 Å². The Bertz CT molecular complexity index is 1540. The summed E-state index contributed by atoms with van der Waals surface area (Å²) < 4.78 is 31.7. The molecule has 0 saturated carbocycles. The molecule has 0 saturated heterocycles. The lowest BCUT2D eigenvalue weighted by molar-refractivity contribution is 0.167. The average molecular weight is 612 g/mol. The maximum Gasteiger partial charge on any atom is 0.179 e. The Morgan fingerprint density at radius 1 is 1.07 bits per heavy atom. The highest BCUT2D eigenvalue weighted by atomic mass is 32.2. The van der Waals surface area contributed by atoms with E-state index >= 15 is 0 Å². The van der Waals surface area contributed by atoms with Gasteiger partial charge in [-0.15, -0.1) is 10.2 Å². The third-order valence-corrected chi connectivity index (χ3v) is 8.10. The van der Waals surface area contributed by atoms with Crippen LogP contribution in [0.25, 0.3) is 0 Å². The molecule has 0 spiro atoms. The van der Waals surface area contributed by atoms with E-state index in [-0.39, 0.29) is 84.4 Å². The van der Waals surface area contributed by atoms with Crippen molar-refractivity contribution in [2.24, 2.45) is 10.2 Å². The van der Waals surface area contributed by atoms with Crippen molar-refractivity contribution in [2.45, 2.75) is 24.8 Å². The number of nitrogens with one attached hydrogen (secondary N) is 2. The van der Waals surface area contributed by atoms with Gasteiger partial charge in [-0.3, -0.25) is 4.90 Å². The number of hydrogen-bond acceptors (Lipinski definition) is 13. The summed E-state index contributed by atoms with van der Waals surface area (Å²) in [6, 6.07) is 15.6. The third kappa shape index (κ3) is 9.18. The Balaban J connectivity index is 2.04. The molecule has 0 amide bonds. The summed E-state index contributed by atoms with van der Waals surface area (Å²) in [6.45, 7) is 3.76. The molecule has 1 aromatic heterocycles. The van der Waals surface area contributed by atoms with Gasteiger partial charge in [-0.05, 0) is 44.2 Å². The SMILES string of the molecule is COc1ccc(S(=O)(=O)CCN(CCO)CCO)cc1/N=N/c1c(Nc2ccccc2)nc(NCC(C)O)c(C#N)c1C. The Kier molecular flexibility index (Phi) is 12.4. The van der Waals surface area contributed by atoms with Crippen molar-refractivity contribution in [2.75, 3.05) is 62.9 Å². The molecular formula is C29H37N7O6S. The molecule has 0 bridgehead atoms. The Morgan fingerprint density at radius 3 is 2.37 bits per heavy atom. The number of azo groups is 1. The molecule has 43 heavy (non-hydrogen) atoms. The van der Waals surface area contributed by atoms with Crippen LogP contribution < -0.4 is 15.4 Å². The minimum absolute atomic E-state index is 0.00284. The molecule has 0 aliphatic carbocycles. The van der Waals surface area contributed by atoms with Crippen LogP contribution in [0.15, 0.2) is 63.7 Å². The van der Waals surface area contributed by atoms with Crippen molar-refractivity contribution in [1.29, 1.82) is 5.26 Å². The van der Waals surface area contributed by atoms with Crippen LogP contribution in [0.4, 0.5) is 28.7 Å². The Labute approximate surface area is 251 Å². The number of benzene rings is 2. The first-order valence-electron chi connectivity index (χ1n) is 13.6. The van der Waals surface area contributed by atoms with Crippen LogP contribution in [0.1, 0.15) is 18.1 Å². The molecule has 2 aromatic carbocycles. The highest BCUT2D eigenvalue weighted by Crippen LogP contribution is 2.38. The van der Waals surface area contributed by atoms with Crippen LogP contribution in [0.2, 0.25) is 0 Å². The first-order chi connectivity index (χ1) is 20.6. The van der Waals surface area contributed by atoms with Gasteiger partial charge >= 0.3 is 0 Å². The van der Waals surface area contributed by atoms with Gasteiger partial charge in [0.05, 0.1) is 42.6 Å². The van der Waals surface area contributed by atoms with E-state index in [9.17, 15) is 29.0 Å². The number of pyridine rings is 1. The van der Waals surface area contributed by atoms with Crippen LogP contribution in [0.5, 0.6) is 5.75 Å². The topological polar surface area (TPSA) is 193 Å². The Morgan fingerprint density at radius 2 is 1.77 bits per heavy atom. The molecule has 0 aliphatic heterocycles. The molecule has 1 atom stereocenters. The second-order valence-corrected chi connectivity index (χ2v) is 11.7. The van der Waals surface area contributed by atoms with E-state index in [2.05, 4.69) is 31.9 Å². The molecule has 3 aromatic rings. The molecule has 14 heteroatoms. The monoisotopic (exact) mass is 611 g/mol. The van der Waals surface area contributed by atoms with E-state index in [0.29, 0.717) is 11.3 Å². The predicted molar refractivity (Wildman–Crippen MR) is 163 cm³/mol. The van der Waals surface area contributed by atoms with E-state index < -0.39 is 15.9 Å². The van der Waals surface area contributed by atoms with Crippen molar-refractivity contribution in [3.8, 4) is 11.8 Å². The van der Waals surface area contributed by atoms with Gasteiger partial charge in [0.1, 0.15) is 29.0 Å². The number of methoxy groups -OCH3 is 1. The summed E-state index contributed by atoms with van der Waals surface area (Å²) in [7, 11) is -2.34. The van der Waals surface area contributed by atoms with Crippen molar-refractivity contribution >= 4 is 38.5 Å². The highest BCUT2D eigenvalue weighted by molar-refractivity contribution is 7.91. The first kappa shape index (κ1) is 33.4. The largest absolute Gasteiger partial charge is 0.494 e. The number of nitriles is 1. The predicted octanol–water partition coefficient (Wildman–Crippen LogP) is 3.28. The molecule has 0 fully saturated rings. The number of aliphatic hydroxyl groups is 3. The summed E-state index contributed by atoms with van der Waals surface area (Å²) in [5.41, 5.74) is 1.78. The zero-order chi connectivity index (χ0) is 31.4. The molecule has 5 N–H and O–H groups in total. The molecule has 0 radical (unpaired) electrons. The molecule has 230 valence electrons. The lowest BCUT2D eigenvalue weighted by atomic mass is 10.1. The molecule has 3 rings (SSSR count). The molecule has 0 aliphatic rings. The highest BCUT2D eigenvalue weighted by Gasteiger charge is 2.21. The van der Waals surface area contributed by atoms with Crippen LogP contribution in [0.3, 0.4) is 0 Å². The van der Waals surface area contributed by atoms with Gasteiger partial charge in [-0.25, -0.2) is 13.4 Å². The number of nitrogens with zero attached hydrogens (tertiary/aromatic N) is 5. The van der Waals surface area contributed by atoms with Gasteiger partial charge in [-0.2, -0.15) is 5.26 Å². The van der Waals surface area contributed by atoms with Crippen molar-refractivity contribution in [1.82, 2.24) is 9.88 Å². The van der Waals surface area contributed by atoms with Gasteiger partial charge in [0, 0.05) is 37.4 Å². The maximum absolute atomic E-state index is 13.2. The van der Waals surface area contributed by atoms with Crippen LogP contribution >= 0.6 is 0 Å². The number of aliphatic hydroxyl groups excluding tert-OH is 3. The average Bonchev–Trinajstić information content (AvgIpc) is 2.99. The van der Waals surface area contributed by atoms with Crippen LogP contribution in [-0.2, 0) is 9.84 Å². The van der Waals surface area contributed by atoms with Crippen molar-refractivity contribution < 1.29 is 28.5 Å². The summed E-state index contributed by atoms with van der Waals surface area (Å²) in [5.74, 6) is 0.593. The summed E-state index contributed by atoms with van der Waals surface area (Å²) >= 11 is 0. The first-order valence-corrected chi connectivity index (χ1v) is 15.2. The zero-order valence-electron chi connectivity index (χ0n) is 24.4. The fourth-order valence-corrected chi connectivity index (χ4v) is 5.40. The lowest BCUT2D eigenvalue weighted by Gasteiger charge is -2.20. The fraction of sp³-hybridized carbons (Fsp3) is 0.379. The maximum atomic E-state index is 13.2. The normalized spacial score (nSPS) is 12.3. The quantitative estimate of drug-likeness (QED) is 0.149. The Hall–Kier alpha value is -4.13. The van der Waals surface area contributed by atoms with E-state index in [0.717, 1.165) is 0 Å². The number of hydrogen-bond donors (Lipinski definition) is 5. The molecule has 13 nitrogen and oxygen atoms in total. The number of sulfone groups is 1. The van der Waals surface area contributed by atoms with Crippen LogP contribution in [0, 0.1) is 18.3 Å². The molecular weight excluding hydrogens is 574 g/mol. The van der Waals surface area contributed by atoms with Gasteiger partial charge in [0.2, 0.25) is 0 Å². The number of para-hydroxylation sites is 1. The van der Waals surface area contributed by atoms with E-state index in [1.54, 1.807) is 18.7 Å². The fourth-order valence-electron chi connectivity index (χ4n) is 4.10. The van der Waals surface area contributed by atoms with Crippen molar-refractivity contribution in [3.63, 3.8) is 0 Å². The number of aromatic nitrogens is 1. The van der Waals surface area contributed by atoms with Crippen LogP contribution in [-0.4, -0.2) is 92.0 Å². The number of ether oxygens (including phenoxy) is 1. The summed E-state index contributed by atoms with van der Waals surface area (Å²) in [6.07, 6.45) is -0.679. The van der Waals surface area contributed by atoms with Crippen molar-refractivity contribution in [3.05, 3.63) is 59.7 Å². The second kappa shape index (κ2) is 15.9. The van der Waals surface area contributed by atoms with Gasteiger partial charge in [0.15, 0.2) is 15.7 Å². The summed E-state index contributed by atoms with van der Waals surface area (Å²) in [4.78, 5) is 6.24. The van der Waals surface area contributed by atoms with E-state index in [4.69, 9.17) is 4.74 Å². The lowest BCUT2D eigenvalue weighted by Crippen LogP contribution is -2.34. The number of rotatable bonds is 16. The minimum Gasteiger partial charge on any atom is -0.494 e. The third-order valence-electron chi connectivity index (χ3n) is 6.40. The minimum atomic E-state index is -3.77. The van der Waals surface area contributed by atoms with E-state index in [1.165, 1.54) is 25.3 Å². The molecule has 1 heterocycles. The van der Waals surface area contributed by atoms with Gasteiger partial charge in [0.25, 0.3) is 0 Å². The summed E-state index contributed by atoms with van der Waals surface area (Å²) in [5, 5.41) is 53.0. The smallest absolute Gasteiger partial charge is 0.179 e.